The number of nitrogens with one attached hydrogen (secondary N) is 1. The van der Waals surface area contributed by atoms with Crippen molar-refractivity contribution in [2.75, 3.05) is 18.4 Å². The van der Waals surface area contributed by atoms with Crippen molar-refractivity contribution in [2.45, 2.75) is 44.4 Å². The number of anilines is 1. The molecule has 5 nitrogen and oxygen atoms in total. The molecule has 22 heavy (non-hydrogen) atoms. The average Bonchev–Trinajstić information content (AvgIpc) is 2.48. The summed E-state index contributed by atoms with van der Waals surface area (Å²) in [6.07, 6.45) is 3.38. The summed E-state index contributed by atoms with van der Waals surface area (Å²) in [7, 11) is -3.41. The van der Waals surface area contributed by atoms with Gasteiger partial charge in [-0.1, -0.05) is 20.3 Å². The summed E-state index contributed by atoms with van der Waals surface area (Å²) in [5.41, 5.74) is 0.628. The van der Waals surface area contributed by atoms with E-state index in [0.29, 0.717) is 31.1 Å². The van der Waals surface area contributed by atoms with Gasteiger partial charge in [0.25, 0.3) is 0 Å². The Morgan fingerprint density at radius 2 is 1.73 bits per heavy atom. The van der Waals surface area contributed by atoms with Crippen molar-refractivity contribution in [2.24, 2.45) is 5.92 Å². The number of hydrogen-bond acceptors (Lipinski definition) is 3. The van der Waals surface area contributed by atoms with Crippen LogP contribution in [0.1, 0.15) is 39.5 Å². The highest BCUT2D eigenvalue weighted by molar-refractivity contribution is 7.89. The van der Waals surface area contributed by atoms with Crippen molar-refractivity contribution in [1.29, 1.82) is 0 Å². The summed E-state index contributed by atoms with van der Waals surface area (Å²) in [6.45, 7) is 5.15. The highest BCUT2D eigenvalue weighted by atomic mass is 32.2. The Labute approximate surface area is 132 Å². The first-order valence-corrected chi connectivity index (χ1v) is 9.23. The second-order valence-electron chi connectivity index (χ2n) is 6.14. The molecule has 0 radical (unpaired) electrons. The SMILES string of the molecule is CC(C)CC(=O)Nc1ccc(S(=O)(=O)N2CCCCC2)cc1. The Balaban J connectivity index is 2.06. The molecule has 0 bridgehead atoms. The van der Waals surface area contributed by atoms with Crippen molar-refractivity contribution >= 4 is 21.6 Å². The molecule has 1 amide bonds. The highest BCUT2D eigenvalue weighted by Gasteiger charge is 2.25. The third-order valence-corrected chi connectivity index (χ3v) is 5.60. The molecule has 1 fully saturated rings. The van der Waals surface area contributed by atoms with Gasteiger partial charge in [0.1, 0.15) is 0 Å². The molecule has 1 heterocycles. The molecule has 122 valence electrons. The first kappa shape index (κ1) is 17.0. The Kier molecular flexibility index (Phi) is 5.58. The number of amides is 1. The van der Waals surface area contributed by atoms with E-state index < -0.39 is 10.0 Å². The van der Waals surface area contributed by atoms with Crippen LogP contribution in [0.4, 0.5) is 5.69 Å². The molecule has 2 rings (SSSR count). The third kappa shape index (κ3) is 4.30. The minimum atomic E-state index is -3.41. The molecule has 0 unspecified atom stereocenters. The second kappa shape index (κ2) is 7.24. The van der Waals surface area contributed by atoms with Gasteiger partial charge < -0.3 is 5.32 Å². The van der Waals surface area contributed by atoms with Crippen LogP contribution in [0, 0.1) is 5.92 Å². The number of piperidine rings is 1. The summed E-state index contributed by atoms with van der Waals surface area (Å²) in [5.74, 6) is 0.236. The zero-order valence-corrected chi connectivity index (χ0v) is 14.0. The number of hydrogen-bond donors (Lipinski definition) is 1. The van der Waals surface area contributed by atoms with E-state index in [2.05, 4.69) is 5.32 Å². The Morgan fingerprint density at radius 3 is 2.27 bits per heavy atom. The normalized spacial score (nSPS) is 16.7. The predicted molar refractivity (Wildman–Crippen MR) is 87.1 cm³/mol. The molecule has 0 spiro atoms. The van der Waals surface area contributed by atoms with Gasteiger partial charge in [0.2, 0.25) is 15.9 Å². The molecule has 1 aliphatic rings. The van der Waals surface area contributed by atoms with Crippen molar-refractivity contribution in [3.05, 3.63) is 24.3 Å². The zero-order valence-electron chi connectivity index (χ0n) is 13.2. The summed E-state index contributed by atoms with van der Waals surface area (Å²) in [5, 5.41) is 2.78. The number of benzene rings is 1. The maximum atomic E-state index is 12.5. The summed E-state index contributed by atoms with van der Waals surface area (Å²) in [6, 6.07) is 6.42. The Hall–Kier alpha value is -1.40. The third-order valence-electron chi connectivity index (χ3n) is 3.68. The van der Waals surface area contributed by atoms with Crippen LogP contribution in [-0.4, -0.2) is 31.7 Å². The van der Waals surface area contributed by atoms with E-state index in [-0.39, 0.29) is 10.8 Å². The topological polar surface area (TPSA) is 66.5 Å². The summed E-state index contributed by atoms with van der Waals surface area (Å²) >= 11 is 0. The van der Waals surface area contributed by atoms with Gasteiger partial charge in [-0.05, 0) is 43.0 Å². The van der Waals surface area contributed by atoms with Crippen LogP contribution in [0.15, 0.2) is 29.2 Å². The average molecular weight is 324 g/mol. The Bertz CT molecular complexity index is 603. The molecule has 1 saturated heterocycles. The van der Waals surface area contributed by atoms with Gasteiger partial charge in [0, 0.05) is 25.2 Å². The van der Waals surface area contributed by atoms with Crippen LogP contribution in [0.25, 0.3) is 0 Å². The molecular formula is C16H24N2O3S. The monoisotopic (exact) mass is 324 g/mol. The van der Waals surface area contributed by atoms with E-state index in [1.807, 2.05) is 13.8 Å². The molecule has 1 N–H and O–H groups in total. The lowest BCUT2D eigenvalue weighted by Crippen LogP contribution is -2.35. The molecule has 0 aromatic heterocycles. The van der Waals surface area contributed by atoms with Gasteiger partial charge in [-0.2, -0.15) is 4.31 Å². The molecule has 1 aliphatic heterocycles. The maximum Gasteiger partial charge on any atom is 0.243 e. The van der Waals surface area contributed by atoms with Crippen LogP contribution in [0.5, 0.6) is 0 Å². The van der Waals surface area contributed by atoms with Crippen molar-refractivity contribution in [3.63, 3.8) is 0 Å². The fourth-order valence-electron chi connectivity index (χ4n) is 2.55. The molecule has 1 aromatic carbocycles. The maximum absolute atomic E-state index is 12.5. The van der Waals surface area contributed by atoms with Crippen molar-refractivity contribution < 1.29 is 13.2 Å². The number of carbonyl (C=O) groups is 1. The van der Waals surface area contributed by atoms with E-state index in [9.17, 15) is 13.2 Å². The second-order valence-corrected chi connectivity index (χ2v) is 8.07. The Morgan fingerprint density at radius 1 is 1.14 bits per heavy atom. The quantitative estimate of drug-likeness (QED) is 0.905. The number of nitrogens with zero attached hydrogens (tertiary/aromatic N) is 1. The first-order chi connectivity index (χ1) is 10.4. The van der Waals surface area contributed by atoms with Crippen LogP contribution in [0.2, 0.25) is 0 Å². The summed E-state index contributed by atoms with van der Waals surface area (Å²) in [4.78, 5) is 12.0. The van der Waals surface area contributed by atoms with E-state index in [1.165, 1.54) is 0 Å². The largest absolute Gasteiger partial charge is 0.326 e. The lowest BCUT2D eigenvalue weighted by molar-refractivity contribution is -0.116. The first-order valence-electron chi connectivity index (χ1n) is 7.79. The van der Waals surface area contributed by atoms with Gasteiger partial charge in [-0.15, -0.1) is 0 Å². The molecule has 6 heteroatoms. The summed E-state index contributed by atoms with van der Waals surface area (Å²) < 4.78 is 26.6. The molecule has 0 atom stereocenters. The van der Waals surface area contributed by atoms with E-state index >= 15 is 0 Å². The molecular weight excluding hydrogens is 300 g/mol. The van der Waals surface area contributed by atoms with Gasteiger partial charge in [-0.3, -0.25) is 4.79 Å². The van der Waals surface area contributed by atoms with Gasteiger partial charge in [-0.25, -0.2) is 8.42 Å². The fourth-order valence-corrected chi connectivity index (χ4v) is 4.06. The van der Waals surface area contributed by atoms with Gasteiger partial charge >= 0.3 is 0 Å². The van der Waals surface area contributed by atoms with Crippen molar-refractivity contribution in [1.82, 2.24) is 4.31 Å². The molecule has 0 saturated carbocycles. The molecule has 1 aromatic rings. The highest BCUT2D eigenvalue weighted by Crippen LogP contribution is 2.22. The standard InChI is InChI=1S/C16H24N2O3S/c1-13(2)12-16(19)17-14-6-8-15(9-7-14)22(20,21)18-10-4-3-5-11-18/h6-9,13H,3-5,10-12H2,1-2H3,(H,17,19). The number of sulfonamides is 1. The van der Waals surface area contributed by atoms with E-state index in [4.69, 9.17) is 0 Å². The predicted octanol–water partition coefficient (Wildman–Crippen LogP) is 2.85. The fraction of sp³-hybridized carbons (Fsp3) is 0.562. The number of rotatable bonds is 5. The van der Waals surface area contributed by atoms with Gasteiger partial charge in [0.15, 0.2) is 0 Å². The van der Waals surface area contributed by atoms with Crippen LogP contribution >= 0.6 is 0 Å². The van der Waals surface area contributed by atoms with Crippen LogP contribution in [0.3, 0.4) is 0 Å². The minimum absolute atomic E-state index is 0.0540. The molecule has 0 aliphatic carbocycles. The zero-order chi connectivity index (χ0) is 16.2. The van der Waals surface area contributed by atoms with E-state index in [1.54, 1.807) is 28.6 Å². The van der Waals surface area contributed by atoms with Crippen LogP contribution in [-0.2, 0) is 14.8 Å². The van der Waals surface area contributed by atoms with E-state index in [0.717, 1.165) is 19.3 Å². The minimum Gasteiger partial charge on any atom is -0.326 e. The number of carbonyl (C=O) groups excluding carboxylic acids is 1. The smallest absolute Gasteiger partial charge is 0.243 e. The lowest BCUT2D eigenvalue weighted by Gasteiger charge is -2.25. The van der Waals surface area contributed by atoms with Crippen molar-refractivity contribution in [3.8, 4) is 0 Å². The van der Waals surface area contributed by atoms with Crippen LogP contribution < -0.4 is 5.32 Å². The lowest BCUT2D eigenvalue weighted by atomic mass is 10.1. The van der Waals surface area contributed by atoms with Gasteiger partial charge in [0.05, 0.1) is 4.90 Å².